The van der Waals surface area contributed by atoms with E-state index in [1.54, 1.807) is 6.20 Å². The molecule has 1 amide bonds. The van der Waals surface area contributed by atoms with Crippen molar-refractivity contribution in [2.45, 2.75) is 30.6 Å². The van der Waals surface area contributed by atoms with Crippen LogP contribution in [0.15, 0.2) is 48.8 Å². The van der Waals surface area contributed by atoms with Crippen molar-refractivity contribution in [3.05, 3.63) is 64.9 Å². The van der Waals surface area contributed by atoms with E-state index in [0.717, 1.165) is 24.3 Å². The molecule has 2 atom stereocenters. The highest BCUT2D eigenvalue weighted by Gasteiger charge is 2.47. The summed E-state index contributed by atoms with van der Waals surface area (Å²) >= 11 is 6.10. The van der Waals surface area contributed by atoms with Crippen LogP contribution in [-0.4, -0.2) is 17.4 Å². The average Bonchev–Trinajstić information content (AvgIpc) is 3.48. The van der Waals surface area contributed by atoms with Crippen LogP contribution in [0, 0.1) is 5.92 Å². The SMILES string of the molecule is O=C(NCC1(c2cccc(Cl)c2)CC1)[C@H]1C[C@@H]1c1cccnc1. The zero-order chi connectivity index (χ0) is 15.9. The molecule has 2 aliphatic carbocycles. The molecule has 2 fully saturated rings. The lowest BCUT2D eigenvalue weighted by atomic mass is 9.96. The lowest BCUT2D eigenvalue weighted by Gasteiger charge is -2.17. The fourth-order valence-corrected chi connectivity index (χ4v) is 3.56. The standard InChI is InChI=1S/C19H19ClN2O/c20-15-5-1-4-14(9-15)19(6-7-19)12-22-18(23)17-10-16(17)13-3-2-8-21-11-13/h1-5,8-9,11,16-17H,6-7,10,12H2,(H,22,23)/t16-,17+/m1/s1. The summed E-state index contributed by atoms with van der Waals surface area (Å²) in [5.74, 6) is 0.617. The Hall–Kier alpha value is -1.87. The van der Waals surface area contributed by atoms with Crippen LogP contribution in [0.4, 0.5) is 0 Å². The van der Waals surface area contributed by atoms with Crippen LogP contribution < -0.4 is 5.32 Å². The van der Waals surface area contributed by atoms with Crippen LogP contribution in [0.1, 0.15) is 36.3 Å². The van der Waals surface area contributed by atoms with Gasteiger partial charge in [-0.3, -0.25) is 9.78 Å². The van der Waals surface area contributed by atoms with Crippen molar-refractivity contribution in [1.29, 1.82) is 0 Å². The third-order valence-corrected chi connectivity index (χ3v) is 5.37. The van der Waals surface area contributed by atoms with Crippen molar-refractivity contribution in [2.24, 2.45) is 5.92 Å². The van der Waals surface area contributed by atoms with Gasteiger partial charge in [0.2, 0.25) is 5.91 Å². The average molecular weight is 327 g/mol. The molecule has 2 aromatic rings. The first-order valence-corrected chi connectivity index (χ1v) is 8.49. The molecule has 2 saturated carbocycles. The Balaban J connectivity index is 1.36. The smallest absolute Gasteiger partial charge is 0.223 e. The molecule has 118 valence electrons. The van der Waals surface area contributed by atoms with Crippen LogP contribution in [0.5, 0.6) is 0 Å². The highest BCUT2D eigenvalue weighted by atomic mass is 35.5. The van der Waals surface area contributed by atoms with Gasteiger partial charge in [0.25, 0.3) is 0 Å². The normalized spacial score (nSPS) is 24.0. The Bertz CT molecular complexity index is 727. The highest BCUT2D eigenvalue weighted by molar-refractivity contribution is 6.30. The van der Waals surface area contributed by atoms with Crippen LogP contribution in [0.2, 0.25) is 5.02 Å². The number of carbonyl (C=O) groups is 1. The first-order chi connectivity index (χ1) is 11.2. The van der Waals surface area contributed by atoms with E-state index < -0.39 is 0 Å². The molecule has 0 aliphatic heterocycles. The lowest BCUT2D eigenvalue weighted by Crippen LogP contribution is -2.33. The van der Waals surface area contributed by atoms with Crippen LogP contribution in [0.25, 0.3) is 0 Å². The fraction of sp³-hybridized carbons (Fsp3) is 0.368. The molecule has 2 aliphatic rings. The minimum atomic E-state index is 0.0965. The zero-order valence-electron chi connectivity index (χ0n) is 12.8. The van der Waals surface area contributed by atoms with E-state index >= 15 is 0 Å². The maximum atomic E-state index is 12.4. The first-order valence-electron chi connectivity index (χ1n) is 8.12. The van der Waals surface area contributed by atoms with Gasteiger partial charge >= 0.3 is 0 Å². The van der Waals surface area contributed by atoms with Gasteiger partial charge in [0.05, 0.1) is 0 Å². The van der Waals surface area contributed by atoms with Gasteiger partial charge in [-0.05, 0) is 54.5 Å². The molecule has 4 rings (SSSR count). The third-order valence-electron chi connectivity index (χ3n) is 5.13. The molecule has 4 heteroatoms. The highest BCUT2D eigenvalue weighted by Crippen LogP contribution is 2.50. The maximum Gasteiger partial charge on any atom is 0.223 e. The number of rotatable bonds is 5. The van der Waals surface area contributed by atoms with Gasteiger partial charge in [0, 0.05) is 35.3 Å². The monoisotopic (exact) mass is 326 g/mol. The minimum Gasteiger partial charge on any atom is -0.355 e. The fourth-order valence-electron chi connectivity index (χ4n) is 3.37. The molecular weight excluding hydrogens is 308 g/mol. The quantitative estimate of drug-likeness (QED) is 0.910. The summed E-state index contributed by atoms with van der Waals surface area (Å²) in [5, 5.41) is 3.93. The second-order valence-electron chi connectivity index (χ2n) is 6.74. The largest absolute Gasteiger partial charge is 0.355 e. The molecule has 0 unspecified atom stereocenters. The number of benzene rings is 1. The summed E-state index contributed by atoms with van der Waals surface area (Å²) in [4.78, 5) is 16.5. The molecule has 0 spiro atoms. The molecule has 0 bridgehead atoms. The topological polar surface area (TPSA) is 42.0 Å². The van der Waals surface area contributed by atoms with E-state index in [-0.39, 0.29) is 17.2 Å². The molecular formula is C19H19ClN2O. The lowest BCUT2D eigenvalue weighted by molar-refractivity contribution is -0.122. The molecule has 23 heavy (non-hydrogen) atoms. The van der Waals surface area contributed by atoms with Crippen molar-refractivity contribution in [2.75, 3.05) is 6.54 Å². The Labute approximate surface area is 141 Å². The summed E-state index contributed by atoms with van der Waals surface area (Å²) in [6, 6.07) is 12.0. The summed E-state index contributed by atoms with van der Waals surface area (Å²) in [6.45, 7) is 0.711. The molecule has 1 aromatic heterocycles. The van der Waals surface area contributed by atoms with E-state index in [2.05, 4.69) is 22.4 Å². The van der Waals surface area contributed by atoms with Crippen molar-refractivity contribution < 1.29 is 4.79 Å². The van der Waals surface area contributed by atoms with Gasteiger partial charge in [0.15, 0.2) is 0 Å². The summed E-state index contributed by atoms with van der Waals surface area (Å²) in [7, 11) is 0. The number of aromatic nitrogens is 1. The van der Waals surface area contributed by atoms with E-state index in [1.807, 2.05) is 30.5 Å². The third kappa shape index (κ3) is 2.98. The maximum absolute atomic E-state index is 12.4. The number of hydrogen-bond donors (Lipinski definition) is 1. The van der Waals surface area contributed by atoms with Gasteiger partial charge in [-0.1, -0.05) is 29.8 Å². The molecule has 0 radical (unpaired) electrons. The predicted octanol–water partition coefficient (Wildman–Crippen LogP) is 3.69. The number of halogens is 1. The number of carbonyl (C=O) groups excluding carboxylic acids is 1. The van der Waals surface area contributed by atoms with Gasteiger partial charge in [-0.2, -0.15) is 0 Å². The number of nitrogens with zero attached hydrogens (tertiary/aromatic N) is 1. The Morgan fingerprint density at radius 2 is 2.17 bits per heavy atom. The Kier molecular flexibility index (Phi) is 3.61. The van der Waals surface area contributed by atoms with E-state index in [0.29, 0.717) is 12.5 Å². The van der Waals surface area contributed by atoms with E-state index in [9.17, 15) is 4.79 Å². The van der Waals surface area contributed by atoms with E-state index in [1.165, 1.54) is 11.1 Å². The van der Waals surface area contributed by atoms with Crippen LogP contribution >= 0.6 is 11.6 Å². The molecule has 1 N–H and O–H groups in total. The van der Waals surface area contributed by atoms with E-state index in [4.69, 9.17) is 11.6 Å². The van der Waals surface area contributed by atoms with Gasteiger partial charge in [0.1, 0.15) is 0 Å². The van der Waals surface area contributed by atoms with Crippen molar-refractivity contribution in [3.63, 3.8) is 0 Å². The number of amides is 1. The van der Waals surface area contributed by atoms with Crippen LogP contribution in [-0.2, 0) is 10.2 Å². The molecule has 3 nitrogen and oxygen atoms in total. The predicted molar refractivity (Wildman–Crippen MR) is 90.5 cm³/mol. The molecule has 0 saturated heterocycles. The van der Waals surface area contributed by atoms with Gasteiger partial charge < -0.3 is 5.32 Å². The minimum absolute atomic E-state index is 0.0965. The number of pyridine rings is 1. The molecule has 1 heterocycles. The van der Waals surface area contributed by atoms with Crippen LogP contribution in [0.3, 0.4) is 0 Å². The van der Waals surface area contributed by atoms with Gasteiger partial charge in [-0.15, -0.1) is 0 Å². The summed E-state index contributed by atoms with van der Waals surface area (Å²) in [6.07, 6.45) is 6.80. The molecule has 1 aromatic carbocycles. The first kappa shape index (κ1) is 14.7. The second kappa shape index (κ2) is 5.64. The summed E-state index contributed by atoms with van der Waals surface area (Å²) < 4.78 is 0. The summed E-state index contributed by atoms with van der Waals surface area (Å²) in [5.41, 5.74) is 2.51. The Morgan fingerprint density at radius 3 is 2.87 bits per heavy atom. The zero-order valence-corrected chi connectivity index (χ0v) is 13.6. The van der Waals surface area contributed by atoms with Crippen molar-refractivity contribution >= 4 is 17.5 Å². The number of nitrogens with one attached hydrogen (secondary N) is 1. The Morgan fingerprint density at radius 1 is 1.30 bits per heavy atom. The van der Waals surface area contributed by atoms with Crippen molar-refractivity contribution in [1.82, 2.24) is 10.3 Å². The number of hydrogen-bond acceptors (Lipinski definition) is 2. The van der Waals surface area contributed by atoms with Gasteiger partial charge in [-0.25, -0.2) is 0 Å². The second-order valence-corrected chi connectivity index (χ2v) is 7.18. The van der Waals surface area contributed by atoms with Crippen molar-refractivity contribution in [3.8, 4) is 0 Å².